The van der Waals surface area contributed by atoms with E-state index < -0.39 is 0 Å². The molecule has 0 saturated carbocycles. The number of ether oxygens (including phenoxy) is 2. The van der Waals surface area contributed by atoms with Crippen LogP contribution in [0.1, 0.15) is 98.3 Å². The van der Waals surface area contributed by atoms with Crippen molar-refractivity contribution in [1.82, 2.24) is 0 Å². The molecule has 0 aliphatic rings. The molecule has 4 nitrogen and oxygen atoms in total. The van der Waals surface area contributed by atoms with E-state index in [2.05, 4.69) is 20.8 Å². The number of carbonyl (C=O) groups excluding carboxylic acids is 2. The van der Waals surface area contributed by atoms with E-state index in [1.165, 1.54) is 32.1 Å². The highest BCUT2D eigenvalue weighted by molar-refractivity contribution is 5.77. The van der Waals surface area contributed by atoms with Crippen LogP contribution in [0.4, 0.5) is 0 Å². The van der Waals surface area contributed by atoms with Gasteiger partial charge in [-0.15, -0.1) is 0 Å². The molecule has 142 valence electrons. The van der Waals surface area contributed by atoms with Crippen molar-refractivity contribution < 1.29 is 19.1 Å². The van der Waals surface area contributed by atoms with Gasteiger partial charge in [0.25, 0.3) is 0 Å². The number of rotatable bonds is 15. The zero-order chi connectivity index (χ0) is 18.2. The van der Waals surface area contributed by atoms with Gasteiger partial charge in [-0.2, -0.15) is 0 Å². The molecule has 0 spiro atoms. The third-order valence-electron chi connectivity index (χ3n) is 4.40. The molecule has 24 heavy (non-hydrogen) atoms. The van der Waals surface area contributed by atoms with E-state index in [1.807, 2.05) is 6.92 Å². The molecule has 0 heterocycles. The fourth-order valence-electron chi connectivity index (χ4n) is 2.41. The summed E-state index contributed by atoms with van der Waals surface area (Å²) in [6.45, 7) is 8.83. The number of hydrogen-bond acceptors (Lipinski definition) is 4. The molecule has 0 aromatic carbocycles. The Kier molecular flexibility index (Phi) is 14.8. The lowest BCUT2D eigenvalue weighted by Gasteiger charge is -2.13. The summed E-state index contributed by atoms with van der Waals surface area (Å²) >= 11 is 0. The molecule has 2 atom stereocenters. The summed E-state index contributed by atoms with van der Waals surface area (Å²) in [7, 11) is 0. The standard InChI is InChI=1S/C20H38O4/c1-5-7-8-9-10-11-12-18(4)24-20(22)14-13-19(21)23-16-15-17(3)6-2/h17-18H,5-16H2,1-4H3. The van der Waals surface area contributed by atoms with Crippen LogP contribution in [-0.2, 0) is 19.1 Å². The lowest BCUT2D eigenvalue weighted by Crippen LogP contribution is -2.17. The van der Waals surface area contributed by atoms with E-state index in [1.54, 1.807) is 0 Å². The molecule has 0 amide bonds. The van der Waals surface area contributed by atoms with Crippen LogP contribution < -0.4 is 0 Å². The quantitative estimate of drug-likeness (QED) is 0.294. The predicted octanol–water partition coefficient (Wildman–Crippen LogP) is 5.43. The minimum absolute atomic E-state index is 0.0647. The Morgan fingerprint density at radius 3 is 2.12 bits per heavy atom. The fraction of sp³-hybridized carbons (Fsp3) is 0.900. The largest absolute Gasteiger partial charge is 0.466 e. The van der Waals surface area contributed by atoms with E-state index in [0.29, 0.717) is 12.5 Å². The first kappa shape index (κ1) is 22.9. The molecule has 0 aromatic heterocycles. The third-order valence-corrected chi connectivity index (χ3v) is 4.40. The molecule has 0 aliphatic heterocycles. The van der Waals surface area contributed by atoms with Gasteiger partial charge in [-0.25, -0.2) is 0 Å². The minimum atomic E-state index is -0.307. The lowest BCUT2D eigenvalue weighted by molar-refractivity contribution is -0.153. The molecule has 0 aliphatic carbocycles. The second-order valence-electron chi connectivity index (χ2n) is 6.88. The van der Waals surface area contributed by atoms with Crippen LogP contribution in [0.15, 0.2) is 0 Å². The second-order valence-corrected chi connectivity index (χ2v) is 6.88. The average molecular weight is 343 g/mol. The molecule has 2 unspecified atom stereocenters. The average Bonchev–Trinajstić information content (AvgIpc) is 2.55. The van der Waals surface area contributed by atoms with Crippen molar-refractivity contribution in [2.75, 3.05) is 6.61 Å². The highest BCUT2D eigenvalue weighted by Gasteiger charge is 2.12. The summed E-state index contributed by atoms with van der Waals surface area (Å²) in [6, 6.07) is 0. The molecule has 0 bridgehead atoms. The van der Waals surface area contributed by atoms with Gasteiger partial charge >= 0.3 is 11.9 Å². The summed E-state index contributed by atoms with van der Waals surface area (Å²) in [4.78, 5) is 23.3. The first-order chi connectivity index (χ1) is 11.5. The van der Waals surface area contributed by atoms with Crippen LogP contribution in [0.2, 0.25) is 0 Å². The lowest BCUT2D eigenvalue weighted by atomic mass is 10.1. The minimum Gasteiger partial charge on any atom is -0.466 e. The number of carbonyl (C=O) groups is 2. The molecule has 4 heteroatoms. The maximum absolute atomic E-state index is 11.7. The van der Waals surface area contributed by atoms with Gasteiger partial charge in [0.2, 0.25) is 0 Å². The number of hydrogen-bond donors (Lipinski definition) is 0. The highest BCUT2D eigenvalue weighted by Crippen LogP contribution is 2.11. The van der Waals surface area contributed by atoms with Crippen molar-refractivity contribution in [3.63, 3.8) is 0 Å². The molecular formula is C20H38O4. The van der Waals surface area contributed by atoms with Gasteiger partial charge < -0.3 is 9.47 Å². The van der Waals surface area contributed by atoms with Crippen molar-refractivity contribution in [3.8, 4) is 0 Å². The van der Waals surface area contributed by atoms with Crippen molar-refractivity contribution in [1.29, 1.82) is 0 Å². The van der Waals surface area contributed by atoms with Gasteiger partial charge in [0.1, 0.15) is 0 Å². The Labute approximate surface area is 148 Å². The summed E-state index contributed by atoms with van der Waals surface area (Å²) in [5, 5.41) is 0. The number of unbranched alkanes of at least 4 members (excludes halogenated alkanes) is 5. The molecule has 0 N–H and O–H groups in total. The van der Waals surface area contributed by atoms with Gasteiger partial charge in [0.05, 0.1) is 25.6 Å². The van der Waals surface area contributed by atoms with Crippen LogP contribution >= 0.6 is 0 Å². The predicted molar refractivity (Wildman–Crippen MR) is 97.8 cm³/mol. The van der Waals surface area contributed by atoms with Crippen molar-refractivity contribution in [2.45, 2.75) is 104 Å². The molecule has 0 saturated heterocycles. The third kappa shape index (κ3) is 14.5. The van der Waals surface area contributed by atoms with Crippen LogP contribution in [0.5, 0.6) is 0 Å². The van der Waals surface area contributed by atoms with Crippen LogP contribution in [0, 0.1) is 5.92 Å². The Hall–Kier alpha value is -1.06. The maximum Gasteiger partial charge on any atom is 0.306 e. The van der Waals surface area contributed by atoms with E-state index in [4.69, 9.17) is 9.47 Å². The Bertz CT molecular complexity index is 328. The zero-order valence-corrected chi connectivity index (χ0v) is 16.3. The Balaban J connectivity index is 3.60. The molecule has 0 radical (unpaired) electrons. The number of esters is 2. The topological polar surface area (TPSA) is 52.6 Å². The fourth-order valence-corrected chi connectivity index (χ4v) is 2.41. The van der Waals surface area contributed by atoms with E-state index in [9.17, 15) is 9.59 Å². The molecule has 0 fully saturated rings. The first-order valence-electron chi connectivity index (χ1n) is 9.84. The molecular weight excluding hydrogens is 304 g/mol. The van der Waals surface area contributed by atoms with Gasteiger partial charge in [-0.3, -0.25) is 9.59 Å². The van der Waals surface area contributed by atoms with Crippen LogP contribution in [0.25, 0.3) is 0 Å². The van der Waals surface area contributed by atoms with Gasteiger partial charge in [0, 0.05) is 0 Å². The monoisotopic (exact) mass is 342 g/mol. The smallest absolute Gasteiger partial charge is 0.306 e. The Morgan fingerprint density at radius 2 is 1.46 bits per heavy atom. The van der Waals surface area contributed by atoms with Crippen molar-refractivity contribution in [2.24, 2.45) is 5.92 Å². The van der Waals surface area contributed by atoms with E-state index in [0.717, 1.165) is 25.7 Å². The second kappa shape index (κ2) is 15.5. The van der Waals surface area contributed by atoms with Crippen molar-refractivity contribution >= 4 is 11.9 Å². The Morgan fingerprint density at radius 1 is 0.833 bits per heavy atom. The molecule has 0 rings (SSSR count). The summed E-state index contributed by atoms with van der Waals surface area (Å²) < 4.78 is 10.5. The van der Waals surface area contributed by atoms with Gasteiger partial charge in [-0.1, -0.05) is 59.3 Å². The van der Waals surface area contributed by atoms with E-state index >= 15 is 0 Å². The molecule has 0 aromatic rings. The van der Waals surface area contributed by atoms with Crippen LogP contribution in [0.3, 0.4) is 0 Å². The van der Waals surface area contributed by atoms with Gasteiger partial charge in [0.15, 0.2) is 0 Å². The summed E-state index contributed by atoms with van der Waals surface area (Å²) in [6.07, 6.45) is 10.4. The first-order valence-corrected chi connectivity index (χ1v) is 9.84. The summed E-state index contributed by atoms with van der Waals surface area (Å²) in [5.74, 6) is -0.0447. The van der Waals surface area contributed by atoms with E-state index in [-0.39, 0.29) is 30.9 Å². The van der Waals surface area contributed by atoms with Gasteiger partial charge in [-0.05, 0) is 32.1 Å². The maximum atomic E-state index is 11.7. The zero-order valence-electron chi connectivity index (χ0n) is 16.3. The normalized spacial score (nSPS) is 13.3. The van der Waals surface area contributed by atoms with Crippen LogP contribution in [-0.4, -0.2) is 24.6 Å². The highest BCUT2D eigenvalue weighted by atomic mass is 16.5. The SMILES string of the molecule is CCCCCCCCC(C)OC(=O)CCC(=O)OCCC(C)CC. The summed E-state index contributed by atoms with van der Waals surface area (Å²) in [5.41, 5.74) is 0. The van der Waals surface area contributed by atoms with Crippen molar-refractivity contribution in [3.05, 3.63) is 0 Å².